The third-order valence-electron chi connectivity index (χ3n) is 4.93. The van der Waals surface area contributed by atoms with E-state index in [4.69, 9.17) is 9.73 Å². The summed E-state index contributed by atoms with van der Waals surface area (Å²) in [6, 6.07) is 15.1. The quantitative estimate of drug-likeness (QED) is 0.300. The molecule has 1 aliphatic rings. The van der Waals surface area contributed by atoms with Gasteiger partial charge in [0, 0.05) is 24.1 Å². The topological polar surface area (TPSA) is 95.7 Å². The number of amides is 2. The molecule has 1 aromatic heterocycles. The van der Waals surface area contributed by atoms with Crippen LogP contribution in [0.25, 0.3) is 11.6 Å². The van der Waals surface area contributed by atoms with Crippen LogP contribution in [0.3, 0.4) is 0 Å². The van der Waals surface area contributed by atoms with Crippen molar-refractivity contribution < 1.29 is 23.7 Å². The van der Waals surface area contributed by atoms with Gasteiger partial charge in [-0.3, -0.25) is 14.8 Å². The lowest BCUT2D eigenvalue weighted by Gasteiger charge is -2.27. The van der Waals surface area contributed by atoms with Gasteiger partial charge >= 0.3 is 0 Å². The molecule has 7 nitrogen and oxygen atoms in total. The number of hydroxylamine groups is 1. The monoisotopic (exact) mass is 407 g/mol. The van der Waals surface area contributed by atoms with Gasteiger partial charge in [0.15, 0.2) is 5.69 Å². The molecule has 0 aliphatic carbocycles. The molecule has 152 valence electrons. The van der Waals surface area contributed by atoms with Crippen molar-refractivity contribution in [2.24, 2.45) is 0 Å². The maximum absolute atomic E-state index is 13.4. The first-order valence-electron chi connectivity index (χ1n) is 9.30. The van der Waals surface area contributed by atoms with Gasteiger partial charge in [-0.1, -0.05) is 47.6 Å². The maximum Gasteiger partial charge on any atom is 0.297 e. The number of hydrogen-bond donors (Lipinski definition) is 2. The largest absolute Gasteiger partial charge is 0.360 e. The van der Waals surface area contributed by atoms with E-state index in [1.165, 1.54) is 17.6 Å². The second-order valence-electron chi connectivity index (χ2n) is 6.83. The first-order valence-corrected chi connectivity index (χ1v) is 9.30. The zero-order valence-corrected chi connectivity index (χ0v) is 15.8. The number of aromatic nitrogens is 1. The van der Waals surface area contributed by atoms with Gasteiger partial charge in [-0.05, 0) is 29.3 Å². The predicted molar refractivity (Wildman–Crippen MR) is 106 cm³/mol. The summed E-state index contributed by atoms with van der Waals surface area (Å²) in [5.41, 5.74) is 3.74. The highest BCUT2D eigenvalue weighted by atomic mass is 19.1. The molecule has 0 unspecified atom stereocenters. The summed E-state index contributed by atoms with van der Waals surface area (Å²) in [6.45, 7) is 0.474. The molecule has 2 N–H and O–H groups in total. The summed E-state index contributed by atoms with van der Waals surface area (Å²) >= 11 is 0. The molecule has 2 amide bonds. The molecule has 2 aromatic carbocycles. The Hall–Kier alpha value is -3.78. The molecule has 4 rings (SSSR count). The Bertz CT molecular complexity index is 1110. The Labute approximate surface area is 171 Å². The molecular weight excluding hydrogens is 389 g/mol. The van der Waals surface area contributed by atoms with Gasteiger partial charge in [0.2, 0.25) is 0 Å². The molecule has 8 heteroatoms. The van der Waals surface area contributed by atoms with Crippen LogP contribution in [0.2, 0.25) is 0 Å². The Morgan fingerprint density at radius 3 is 2.57 bits per heavy atom. The van der Waals surface area contributed by atoms with Gasteiger partial charge in [0.1, 0.15) is 11.6 Å². The molecular formula is C22H18FN3O4. The van der Waals surface area contributed by atoms with E-state index in [2.05, 4.69) is 5.16 Å². The molecule has 0 saturated heterocycles. The average Bonchev–Trinajstić information content (AvgIpc) is 3.21. The maximum atomic E-state index is 13.4. The summed E-state index contributed by atoms with van der Waals surface area (Å²) in [6.07, 6.45) is 2.13. The van der Waals surface area contributed by atoms with Gasteiger partial charge in [-0.25, -0.2) is 9.87 Å². The van der Waals surface area contributed by atoms with Crippen LogP contribution in [0.1, 0.15) is 32.9 Å². The summed E-state index contributed by atoms with van der Waals surface area (Å²) in [5, 5.41) is 12.6. The van der Waals surface area contributed by atoms with Crippen LogP contribution in [0.4, 0.5) is 4.39 Å². The highest BCUT2D eigenvalue weighted by Crippen LogP contribution is 2.27. The fourth-order valence-corrected chi connectivity index (χ4v) is 3.40. The molecule has 3 aromatic rings. The Morgan fingerprint density at radius 1 is 1.13 bits per heavy atom. The molecule has 0 saturated carbocycles. The van der Waals surface area contributed by atoms with Crippen LogP contribution < -0.4 is 5.48 Å². The van der Waals surface area contributed by atoms with Crippen LogP contribution in [0.5, 0.6) is 0 Å². The van der Waals surface area contributed by atoms with E-state index in [9.17, 15) is 14.0 Å². The Balaban J connectivity index is 1.69. The third-order valence-corrected chi connectivity index (χ3v) is 4.93. The fourth-order valence-electron chi connectivity index (χ4n) is 3.40. The van der Waals surface area contributed by atoms with E-state index in [0.29, 0.717) is 35.4 Å². The lowest BCUT2D eigenvalue weighted by atomic mass is 9.99. The van der Waals surface area contributed by atoms with Crippen LogP contribution >= 0.6 is 0 Å². The van der Waals surface area contributed by atoms with E-state index < -0.39 is 11.7 Å². The normalized spacial score (nSPS) is 13.7. The van der Waals surface area contributed by atoms with Crippen LogP contribution in [-0.2, 0) is 17.8 Å². The van der Waals surface area contributed by atoms with Crippen molar-refractivity contribution in [2.45, 2.75) is 13.0 Å². The van der Waals surface area contributed by atoms with Gasteiger partial charge in [-0.2, -0.15) is 0 Å². The molecule has 0 bridgehead atoms. The van der Waals surface area contributed by atoms with Crippen molar-refractivity contribution in [3.63, 3.8) is 0 Å². The predicted octanol–water partition coefficient (Wildman–Crippen LogP) is 3.06. The van der Waals surface area contributed by atoms with Gasteiger partial charge in [0.25, 0.3) is 11.8 Å². The minimum absolute atomic E-state index is 0.0552. The van der Waals surface area contributed by atoms with E-state index in [1.807, 2.05) is 30.3 Å². The van der Waals surface area contributed by atoms with Gasteiger partial charge < -0.3 is 9.42 Å². The highest BCUT2D eigenvalue weighted by molar-refractivity contribution is 6.24. The molecule has 1 aliphatic heterocycles. The summed E-state index contributed by atoms with van der Waals surface area (Å²) in [7, 11) is 0. The van der Waals surface area contributed by atoms with E-state index >= 15 is 0 Å². The highest BCUT2D eigenvalue weighted by Gasteiger charge is 2.31. The third kappa shape index (κ3) is 3.85. The van der Waals surface area contributed by atoms with Gasteiger partial charge in [0.05, 0.1) is 6.54 Å². The smallest absolute Gasteiger partial charge is 0.297 e. The number of rotatable bonds is 4. The number of nitrogens with zero attached hydrogens (tertiary/aromatic N) is 2. The molecule has 30 heavy (non-hydrogen) atoms. The minimum Gasteiger partial charge on any atom is -0.360 e. The fraction of sp³-hybridized carbons (Fsp3) is 0.136. The van der Waals surface area contributed by atoms with Crippen LogP contribution in [0.15, 0.2) is 59.1 Å². The number of carbonyl (C=O) groups is 2. The van der Waals surface area contributed by atoms with Crippen LogP contribution in [0, 0.1) is 5.82 Å². The lowest BCUT2D eigenvalue weighted by Crippen LogP contribution is -2.37. The number of nitrogens with one attached hydrogen (secondary N) is 1. The summed E-state index contributed by atoms with van der Waals surface area (Å²) in [4.78, 5) is 26.8. The van der Waals surface area contributed by atoms with Crippen molar-refractivity contribution in [3.8, 4) is 0 Å². The number of fused-ring (bicyclic) bond motifs is 1. The summed E-state index contributed by atoms with van der Waals surface area (Å²) in [5.74, 6) is -0.953. The SMILES string of the molecule is O=C(NO)c1noc2c1CN(C(=O)C(=Cc1ccccc1)c1ccc(F)cc1)CC2. The molecule has 0 atom stereocenters. The standard InChI is InChI=1S/C22H18FN3O4/c23-16-8-6-15(7-9-16)17(12-14-4-2-1-3-5-14)22(28)26-11-10-19-18(13-26)20(25-30-19)21(27)24-29/h1-9,12,29H,10-11,13H2,(H,24,27). The number of hydrogen-bond acceptors (Lipinski definition) is 5. The Kier molecular flexibility index (Phi) is 5.40. The number of benzene rings is 2. The second kappa shape index (κ2) is 8.30. The zero-order chi connectivity index (χ0) is 21.1. The van der Waals surface area contributed by atoms with Gasteiger partial charge in [-0.15, -0.1) is 0 Å². The number of carbonyl (C=O) groups excluding carboxylic acids is 2. The Morgan fingerprint density at radius 2 is 1.87 bits per heavy atom. The van der Waals surface area contributed by atoms with Crippen molar-refractivity contribution in [1.82, 2.24) is 15.5 Å². The number of halogens is 1. The van der Waals surface area contributed by atoms with Crippen molar-refractivity contribution in [1.29, 1.82) is 0 Å². The molecule has 0 fully saturated rings. The average molecular weight is 407 g/mol. The van der Waals surface area contributed by atoms with Crippen molar-refractivity contribution in [3.05, 3.63) is 88.6 Å². The summed E-state index contributed by atoms with van der Waals surface area (Å²) < 4.78 is 18.6. The van der Waals surface area contributed by atoms with Crippen molar-refractivity contribution >= 4 is 23.5 Å². The second-order valence-corrected chi connectivity index (χ2v) is 6.83. The molecule has 0 radical (unpaired) electrons. The van der Waals surface area contributed by atoms with E-state index in [1.54, 1.807) is 23.1 Å². The van der Waals surface area contributed by atoms with E-state index in [0.717, 1.165) is 5.56 Å². The van der Waals surface area contributed by atoms with E-state index in [-0.39, 0.29) is 18.1 Å². The zero-order valence-electron chi connectivity index (χ0n) is 15.8. The lowest BCUT2D eigenvalue weighted by molar-refractivity contribution is -0.125. The van der Waals surface area contributed by atoms with Crippen molar-refractivity contribution in [2.75, 3.05) is 6.54 Å². The first kappa shape index (κ1) is 19.5. The van der Waals surface area contributed by atoms with Crippen LogP contribution in [-0.4, -0.2) is 33.6 Å². The minimum atomic E-state index is -0.798. The molecule has 0 spiro atoms. The first-order chi connectivity index (χ1) is 14.6. The molecule has 2 heterocycles.